The molecule has 1 nitrogen and oxygen atoms in total. The predicted octanol–water partition coefficient (Wildman–Crippen LogP) is 3.51. The molecule has 0 heterocycles. The summed E-state index contributed by atoms with van der Waals surface area (Å²) in [5, 5.41) is 0. The van der Waals surface area contributed by atoms with Crippen LogP contribution in [0.4, 0.5) is 0 Å². The van der Waals surface area contributed by atoms with Crippen LogP contribution in [0.2, 0.25) is 19.6 Å². The highest BCUT2D eigenvalue weighted by atomic mass is 28.3. The zero-order valence-corrected chi connectivity index (χ0v) is 10.9. The first kappa shape index (κ1) is 12.2. The van der Waals surface area contributed by atoms with Crippen molar-refractivity contribution in [3.8, 4) is 0 Å². The Kier molecular flexibility index (Phi) is 4.30. The summed E-state index contributed by atoms with van der Waals surface area (Å²) in [7, 11) is -1.06. The lowest BCUT2D eigenvalue weighted by Gasteiger charge is -2.11. The molecule has 0 fully saturated rings. The van der Waals surface area contributed by atoms with Crippen molar-refractivity contribution in [3.63, 3.8) is 0 Å². The smallest absolute Gasteiger partial charge is 0.0682 e. The van der Waals surface area contributed by atoms with Gasteiger partial charge in [-0.2, -0.15) is 0 Å². The second-order valence-corrected chi connectivity index (χ2v) is 10.1. The maximum atomic E-state index is 6.09. The molecule has 0 unspecified atom stereocenters. The highest BCUT2D eigenvalue weighted by Crippen LogP contribution is 2.14. The van der Waals surface area contributed by atoms with E-state index in [1.54, 1.807) is 0 Å². The molecule has 15 heavy (non-hydrogen) atoms. The van der Waals surface area contributed by atoms with Gasteiger partial charge >= 0.3 is 0 Å². The van der Waals surface area contributed by atoms with Crippen molar-refractivity contribution in [3.05, 3.63) is 47.7 Å². The van der Waals surface area contributed by atoms with Gasteiger partial charge in [0, 0.05) is 6.04 Å². The van der Waals surface area contributed by atoms with Gasteiger partial charge < -0.3 is 5.73 Å². The van der Waals surface area contributed by atoms with Crippen LogP contribution in [-0.4, -0.2) is 8.07 Å². The first-order valence-electron chi connectivity index (χ1n) is 5.47. The third-order valence-electron chi connectivity index (χ3n) is 2.24. The molecule has 82 valence electrons. The second-order valence-electron chi connectivity index (χ2n) is 5.02. The molecule has 0 bridgehead atoms. The number of nitrogens with two attached hydrogens (primary N) is 1. The van der Waals surface area contributed by atoms with Crippen LogP contribution in [0.25, 0.3) is 0 Å². The molecular formula is C13H21NSi. The van der Waals surface area contributed by atoms with Gasteiger partial charge in [0.15, 0.2) is 0 Å². The van der Waals surface area contributed by atoms with Crippen molar-refractivity contribution in [1.82, 2.24) is 0 Å². The van der Waals surface area contributed by atoms with Gasteiger partial charge in [-0.25, -0.2) is 0 Å². The van der Waals surface area contributed by atoms with Crippen LogP contribution in [0.3, 0.4) is 0 Å². The first-order valence-corrected chi connectivity index (χ1v) is 9.05. The Balaban J connectivity index is 2.51. The summed E-state index contributed by atoms with van der Waals surface area (Å²) < 4.78 is 0. The van der Waals surface area contributed by atoms with Crippen molar-refractivity contribution >= 4 is 8.07 Å². The summed E-state index contributed by atoms with van der Waals surface area (Å²) in [6.45, 7) is 6.99. The molecule has 1 atom stereocenters. The van der Waals surface area contributed by atoms with Crippen molar-refractivity contribution in [1.29, 1.82) is 0 Å². The quantitative estimate of drug-likeness (QED) is 0.771. The van der Waals surface area contributed by atoms with E-state index in [1.165, 1.54) is 5.56 Å². The Morgan fingerprint density at radius 3 is 2.33 bits per heavy atom. The molecule has 0 saturated carbocycles. The SMILES string of the molecule is C[Si](C)(C)/C=C/C[C@H](N)c1ccccc1. The summed E-state index contributed by atoms with van der Waals surface area (Å²) in [5.41, 5.74) is 9.67. The Morgan fingerprint density at radius 1 is 1.20 bits per heavy atom. The second kappa shape index (κ2) is 5.28. The first-order chi connectivity index (χ1) is 6.99. The van der Waals surface area contributed by atoms with Crippen LogP contribution in [0.15, 0.2) is 42.1 Å². The average Bonchev–Trinajstić information content (AvgIpc) is 2.17. The van der Waals surface area contributed by atoms with Gasteiger partial charge in [0.2, 0.25) is 0 Å². The summed E-state index contributed by atoms with van der Waals surface area (Å²) >= 11 is 0. The van der Waals surface area contributed by atoms with Gasteiger partial charge in [0.1, 0.15) is 0 Å². The fourth-order valence-corrected chi connectivity index (χ4v) is 2.25. The van der Waals surface area contributed by atoms with Gasteiger partial charge in [0.05, 0.1) is 8.07 Å². The van der Waals surface area contributed by atoms with E-state index >= 15 is 0 Å². The third-order valence-corrected chi connectivity index (χ3v) is 3.47. The van der Waals surface area contributed by atoms with E-state index in [2.05, 4.69) is 43.5 Å². The maximum Gasteiger partial charge on any atom is 0.0682 e. The van der Waals surface area contributed by atoms with Gasteiger partial charge in [-0.1, -0.05) is 61.7 Å². The Hall–Kier alpha value is -0.863. The van der Waals surface area contributed by atoms with Crippen LogP contribution in [-0.2, 0) is 0 Å². The lowest BCUT2D eigenvalue weighted by atomic mass is 10.1. The normalized spacial score (nSPS) is 14.4. The van der Waals surface area contributed by atoms with Crippen molar-refractivity contribution < 1.29 is 0 Å². The zero-order valence-electron chi connectivity index (χ0n) is 9.90. The fourth-order valence-electron chi connectivity index (χ4n) is 1.40. The molecule has 0 aromatic heterocycles. The van der Waals surface area contributed by atoms with Crippen LogP contribution in [0.5, 0.6) is 0 Å². The molecule has 0 aliphatic carbocycles. The topological polar surface area (TPSA) is 26.0 Å². The van der Waals surface area contributed by atoms with Gasteiger partial charge in [-0.3, -0.25) is 0 Å². The molecule has 0 aliphatic heterocycles. The summed E-state index contributed by atoms with van der Waals surface area (Å²) in [4.78, 5) is 0. The lowest BCUT2D eigenvalue weighted by Crippen LogP contribution is -2.16. The molecule has 1 rings (SSSR count). The van der Waals surface area contributed by atoms with E-state index in [0.717, 1.165) is 6.42 Å². The van der Waals surface area contributed by atoms with Crippen molar-refractivity contribution in [2.24, 2.45) is 5.73 Å². The number of hydrogen-bond donors (Lipinski definition) is 1. The van der Waals surface area contributed by atoms with Crippen LogP contribution < -0.4 is 5.73 Å². The average molecular weight is 219 g/mol. The van der Waals surface area contributed by atoms with Gasteiger partial charge in [-0.15, -0.1) is 0 Å². The monoisotopic (exact) mass is 219 g/mol. The number of hydrogen-bond acceptors (Lipinski definition) is 1. The van der Waals surface area contributed by atoms with Crippen molar-refractivity contribution in [2.45, 2.75) is 32.1 Å². The summed E-state index contributed by atoms with van der Waals surface area (Å²) in [6, 6.07) is 10.4. The maximum absolute atomic E-state index is 6.09. The highest BCUT2D eigenvalue weighted by Gasteiger charge is 2.07. The van der Waals surface area contributed by atoms with Gasteiger partial charge in [-0.05, 0) is 12.0 Å². The zero-order chi connectivity index (χ0) is 11.3. The molecule has 0 saturated heterocycles. The molecule has 1 aromatic carbocycles. The van der Waals surface area contributed by atoms with Gasteiger partial charge in [0.25, 0.3) is 0 Å². The van der Waals surface area contributed by atoms with Crippen LogP contribution >= 0.6 is 0 Å². The molecule has 1 aromatic rings. The van der Waals surface area contributed by atoms with Crippen LogP contribution in [0, 0.1) is 0 Å². The lowest BCUT2D eigenvalue weighted by molar-refractivity contribution is 0.741. The predicted molar refractivity (Wildman–Crippen MR) is 70.5 cm³/mol. The molecule has 0 amide bonds. The van der Waals surface area contributed by atoms with E-state index < -0.39 is 8.07 Å². The number of benzene rings is 1. The Bertz CT molecular complexity index is 311. The molecule has 0 spiro atoms. The van der Waals surface area contributed by atoms with Crippen LogP contribution in [0.1, 0.15) is 18.0 Å². The molecular weight excluding hydrogens is 198 g/mol. The van der Waals surface area contributed by atoms with E-state index in [-0.39, 0.29) is 6.04 Å². The molecule has 2 N–H and O–H groups in total. The minimum atomic E-state index is -1.06. The van der Waals surface area contributed by atoms with Crippen molar-refractivity contribution in [2.75, 3.05) is 0 Å². The fraction of sp³-hybridized carbons (Fsp3) is 0.385. The van der Waals surface area contributed by atoms with E-state index in [1.807, 2.05) is 18.2 Å². The molecule has 0 radical (unpaired) electrons. The highest BCUT2D eigenvalue weighted by molar-refractivity contribution is 6.80. The summed E-state index contributed by atoms with van der Waals surface area (Å²) in [6.07, 6.45) is 3.18. The standard InChI is InChI=1S/C13H21NSi/c1-15(2,3)11-7-10-13(14)12-8-5-4-6-9-12/h4-9,11,13H,10,14H2,1-3H3/b11-7+/t13-/m0/s1. The number of rotatable bonds is 4. The Labute approximate surface area is 94.0 Å². The van der Waals surface area contributed by atoms with E-state index in [0.29, 0.717) is 0 Å². The molecule has 0 aliphatic rings. The summed E-state index contributed by atoms with van der Waals surface area (Å²) in [5.74, 6) is 0. The third kappa shape index (κ3) is 4.95. The molecule has 2 heteroatoms. The minimum absolute atomic E-state index is 0.138. The minimum Gasteiger partial charge on any atom is -0.324 e. The van der Waals surface area contributed by atoms with E-state index in [4.69, 9.17) is 5.73 Å². The largest absolute Gasteiger partial charge is 0.324 e. The van der Waals surface area contributed by atoms with E-state index in [9.17, 15) is 0 Å². The Morgan fingerprint density at radius 2 is 1.80 bits per heavy atom.